The molecule has 2 nitrogen and oxygen atoms in total. The molecule has 0 aromatic carbocycles. The fraction of sp³-hybridized carbons (Fsp3) is 0.900. The molecule has 1 saturated heterocycles. The number of carbonyl (C=O) groups is 1. The lowest BCUT2D eigenvalue weighted by Gasteiger charge is -2.20. The van der Waals surface area contributed by atoms with Gasteiger partial charge in [-0.15, -0.1) is 11.6 Å². The van der Waals surface area contributed by atoms with Gasteiger partial charge in [-0.05, 0) is 19.3 Å². The third-order valence-electron chi connectivity index (χ3n) is 3.12. The van der Waals surface area contributed by atoms with Gasteiger partial charge in [0.1, 0.15) is 11.5 Å². The summed E-state index contributed by atoms with van der Waals surface area (Å²) in [5, 5.41) is -0.372. The van der Waals surface area contributed by atoms with Gasteiger partial charge in [0.25, 0.3) is 0 Å². The maximum absolute atomic E-state index is 11.2. The summed E-state index contributed by atoms with van der Waals surface area (Å²) >= 11 is 5.99. The molecule has 0 spiro atoms. The highest BCUT2D eigenvalue weighted by Gasteiger charge is 2.42. The number of fused-ring (bicyclic) bond motifs is 1. The van der Waals surface area contributed by atoms with Crippen LogP contribution in [-0.4, -0.2) is 17.5 Å². The van der Waals surface area contributed by atoms with E-state index in [0.29, 0.717) is 0 Å². The molecule has 0 aromatic rings. The smallest absolute Gasteiger partial charge is 0.324 e. The average Bonchev–Trinajstić information content (AvgIpc) is 2.31. The zero-order valence-electron chi connectivity index (χ0n) is 7.67. The first-order chi connectivity index (χ1) is 6.29. The van der Waals surface area contributed by atoms with E-state index < -0.39 is 0 Å². The quantitative estimate of drug-likeness (QED) is 0.446. The maximum Gasteiger partial charge on any atom is 0.324 e. The zero-order chi connectivity index (χ0) is 9.26. The van der Waals surface area contributed by atoms with Gasteiger partial charge in [-0.25, -0.2) is 0 Å². The van der Waals surface area contributed by atoms with Gasteiger partial charge < -0.3 is 4.74 Å². The van der Waals surface area contributed by atoms with Crippen LogP contribution in [0.15, 0.2) is 0 Å². The monoisotopic (exact) mass is 202 g/mol. The van der Waals surface area contributed by atoms with Gasteiger partial charge in [0, 0.05) is 5.92 Å². The molecule has 2 fully saturated rings. The fourth-order valence-corrected chi connectivity index (χ4v) is 2.69. The van der Waals surface area contributed by atoms with Crippen molar-refractivity contribution in [2.75, 3.05) is 0 Å². The van der Waals surface area contributed by atoms with Crippen LogP contribution in [0.1, 0.15) is 38.5 Å². The van der Waals surface area contributed by atoms with Crippen LogP contribution >= 0.6 is 11.6 Å². The van der Waals surface area contributed by atoms with Crippen molar-refractivity contribution in [3.8, 4) is 0 Å². The predicted octanol–water partition coefficient (Wildman–Crippen LogP) is 2.49. The summed E-state index contributed by atoms with van der Waals surface area (Å²) in [7, 11) is 0. The zero-order valence-corrected chi connectivity index (χ0v) is 8.43. The molecule has 0 radical (unpaired) electrons. The topological polar surface area (TPSA) is 26.3 Å². The molecule has 1 heterocycles. The Morgan fingerprint density at radius 2 is 1.85 bits per heavy atom. The lowest BCUT2D eigenvalue weighted by molar-refractivity contribution is -0.141. The molecule has 0 unspecified atom stereocenters. The van der Waals surface area contributed by atoms with Gasteiger partial charge in [0.15, 0.2) is 0 Å². The van der Waals surface area contributed by atoms with E-state index in [2.05, 4.69) is 0 Å². The van der Waals surface area contributed by atoms with Crippen LogP contribution in [0.4, 0.5) is 0 Å². The molecule has 1 saturated carbocycles. The molecular weight excluding hydrogens is 188 g/mol. The molecule has 1 aliphatic carbocycles. The summed E-state index contributed by atoms with van der Waals surface area (Å²) in [5.41, 5.74) is 0. The Morgan fingerprint density at radius 1 is 1.15 bits per heavy atom. The van der Waals surface area contributed by atoms with Crippen molar-refractivity contribution >= 4 is 17.6 Å². The van der Waals surface area contributed by atoms with Crippen molar-refractivity contribution in [1.82, 2.24) is 0 Å². The number of halogens is 1. The number of hydrogen-bond acceptors (Lipinski definition) is 2. The van der Waals surface area contributed by atoms with Crippen LogP contribution in [0, 0.1) is 5.92 Å². The second-order valence-electron chi connectivity index (χ2n) is 4.03. The average molecular weight is 203 g/mol. The van der Waals surface area contributed by atoms with Gasteiger partial charge in [0.05, 0.1) is 0 Å². The van der Waals surface area contributed by atoms with E-state index in [1.807, 2.05) is 0 Å². The summed E-state index contributed by atoms with van der Waals surface area (Å²) in [6, 6.07) is 0. The van der Waals surface area contributed by atoms with Gasteiger partial charge in [-0.2, -0.15) is 0 Å². The van der Waals surface area contributed by atoms with Crippen LogP contribution in [0.2, 0.25) is 0 Å². The number of hydrogen-bond donors (Lipinski definition) is 0. The number of ether oxygens (including phenoxy) is 1. The van der Waals surface area contributed by atoms with Crippen molar-refractivity contribution in [3.63, 3.8) is 0 Å². The van der Waals surface area contributed by atoms with Gasteiger partial charge in [-0.1, -0.05) is 19.3 Å². The number of carbonyl (C=O) groups excluding carboxylic acids is 1. The minimum atomic E-state index is -0.372. The largest absolute Gasteiger partial charge is 0.461 e. The summed E-state index contributed by atoms with van der Waals surface area (Å²) in [4.78, 5) is 11.2. The van der Waals surface area contributed by atoms with Crippen LogP contribution in [0.5, 0.6) is 0 Å². The van der Waals surface area contributed by atoms with Crippen LogP contribution in [0.3, 0.4) is 0 Å². The summed E-state index contributed by atoms with van der Waals surface area (Å²) in [6.07, 6.45) is 7.12. The van der Waals surface area contributed by atoms with E-state index >= 15 is 0 Å². The Morgan fingerprint density at radius 3 is 2.62 bits per heavy atom. The van der Waals surface area contributed by atoms with Crippen molar-refractivity contribution in [2.24, 2.45) is 5.92 Å². The van der Waals surface area contributed by atoms with Gasteiger partial charge in [0.2, 0.25) is 0 Å². The Labute approximate surface area is 83.6 Å². The number of rotatable bonds is 0. The molecule has 0 bridgehead atoms. The van der Waals surface area contributed by atoms with E-state index in [4.69, 9.17) is 16.3 Å². The van der Waals surface area contributed by atoms with E-state index in [1.165, 1.54) is 25.7 Å². The lowest BCUT2D eigenvalue weighted by Crippen LogP contribution is -2.22. The second kappa shape index (κ2) is 3.87. The first kappa shape index (κ1) is 9.32. The second-order valence-corrected chi connectivity index (χ2v) is 4.50. The first-order valence-electron chi connectivity index (χ1n) is 5.13. The van der Waals surface area contributed by atoms with Gasteiger partial charge >= 0.3 is 5.97 Å². The van der Waals surface area contributed by atoms with Crippen molar-refractivity contribution in [3.05, 3.63) is 0 Å². The molecule has 74 valence electrons. The van der Waals surface area contributed by atoms with Gasteiger partial charge in [-0.3, -0.25) is 4.79 Å². The third kappa shape index (κ3) is 1.83. The number of alkyl halides is 1. The Bertz CT molecular complexity index is 205. The van der Waals surface area contributed by atoms with E-state index in [0.717, 1.165) is 12.8 Å². The minimum Gasteiger partial charge on any atom is -0.461 e. The van der Waals surface area contributed by atoms with E-state index in [9.17, 15) is 4.79 Å². The molecular formula is C10H15ClO2. The predicted molar refractivity (Wildman–Crippen MR) is 50.7 cm³/mol. The third-order valence-corrected chi connectivity index (χ3v) is 3.62. The van der Waals surface area contributed by atoms with Crippen LogP contribution < -0.4 is 0 Å². The molecule has 0 N–H and O–H groups in total. The molecule has 0 aromatic heterocycles. The Kier molecular flexibility index (Phi) is 2.77. The standard InChI is InChI=1S/C10H15ClO2/c11-9-7-5-3-1-2-4-6-8(7)13-10(9)12/h7-9H,1-6H2/t7-,8+,9+/m0/s1. The fourth-order valence-electron chi connectivity index (χ4n) is 2.35. The first-order valence-corrected chi connectivity index (χ1v) is 5.57. The SMILES string of the molecule is O=C1O[C@@H]2CCCCCC[C@@H]2[C@H]1Cl. The molecule has 0 amide bonds. The Balaban J connectivity index is 2.04. The molecule has 2 aliphatic rings. The summed E-state index contributed by atoms with van der Waals surface area (Å²) < 4.78 is 5.24. The van der Waals surface area contributed by atoms with Crippen LogP contribution in [0.25, 0.3) is 0 Å². The van der Waals surface area contributed by atoms with Crippen molar-refractivity contribution < 1.29 is 9.53 Å². The molecule has 3 atom stereocenters. The summed E-state index contributed by atoms with van der Waals surface area (Å²) in [6.45, 7) is 0. The maximum atomic E-state index is 11.2. The molecule has 13 heavy (non-hydrogen) atoms. The van der Waals surface area contributed by atoms with E-state index in [1.54, 1.807) is 0 Å². The molecule has 1 aliphatic heterocycles. The number of esters is 1. The highest BCUT2D eigenvalue weighted by Crippen LogP contribution is 2.35. The highest BCUT2D eigenvalue weighted by molar-refractivity contribution is 6.30. The van der Waals surface area contributed by atoms with Crippen molar-refractivity contribution in [2.45, 2.75) is 50.0 Å². The van der Waals surface area contributed by atoms with Crippen molar-refractivity contribution in [1.29, 1.82) is 0 Å². The normalized spacial score (nSPS) is 40.4. The van der Waals surface area contributed by atoms with E-state index in [-0.39, 0.29) is 23.4 Å². The Hall–Kier alpha value is -0.240. The molecule has 2 rings (SSSR count). The minimum absolute atomic E-state index is 0.121. The highest BCUT2D eigenvalue weighted by atomic mass is 35.5. The summed E-state index contributed by atoms with van der Waals surface area (Å²) in [5.74, 6) is 0.0908. The lowest BCUT2D eigenvalue weighted by atomic mass is 9.88. The molecule has 3 heteroatoms. The van der Waals surface area contributed by atoms with Crippen LogP contribution in [-0.2, 0) is 9.53 Å².